The summed E-state index contributed by atoms with van der Waals surface area (Å²) in [5, 5.41) is 15.4. The molecule has 0 aliphatic carbocycles. The van der Waals surface area contributed by atoms with Gasteiger partial charge in [0.15, 0.2) is 0 Å². The Labute approximate surface area is 198 Å². The van der Waals surface area contributed by atoms with Crippen LogP contribution in [-0.4, -0.2) is 42.4 Å². The molecule has 1 aromatic heterocycles. The minimum atomic E-state index is -3.73. The lowest BCUT2D eigenvalue weighted by Crippen LogP contribution is -2.20. The highest BCUT2D eigenvalue weighted by molar-refractivity contribution is 9.10. The first kappa shape index (κ1) is 24.3. The highest BCUT2D eigenvalue weighted by Crippen LogP contribution is 2.23. The molecule has 11 heteroatoms. The van der Waals surface area contributed by atoms with Crippen molar-refractivity contribution < 1.29 is 13.5 Å². The van der Waals surface area contributed by atoms with Crippen molar-refractivity contribution in [2.24, 2.45) is 3.77 Å². The van der Waals surface area contributed by atoms with Crippen molar-refractivity contribution in [3.8, 4) is 0 Å². The Kier molecular flexibility index (Phi) is 7.99. The van der Waals surface area contributed by atoms with E-state index >= 15 is 0 Å². The van der Waals surface area contributed by atoms with Gasteiger partial charge in [0.05, 0.1) is 16.0 Å². The van der Waals surface area contributed by atoms with E-state index in [1.807, 2.05) is 38.1 Å². The van der Waals surface area contributed by atoms with Crippen molar-refractivity contribution in [3.63, 3.8) is 0 Å². The standard InChI is InChI=1S/C21H24BrN5O3S2/c1-14-4-10-18(11-5-14)32(29,30)27-31(3)17-8-6-16(7-9-17)25-21-23-12-19(22)20(26-21)24-15(2)13-28/h4-12,15,28H,13H2,1-3H3,(H2,23,24,25,26)/t15-,31?/m1/s1. The summed E-state index contributed by atoms with van der Waals surface area (Å²) in [6.45, 7) is 3.72. The molecule has 1 heterocycles. The first-order valence-corrected chi connectivity index (χ1v) is 13.5. The minimum Gasteiger partial charge on any atom is -0.394 e. The SMILES string of the molecule is Cc1ccc(S(=O)(=O)N=S(C)c2ccc(Nc3ncc(Br)c(N[C@H](C)CO)n3)cc2)cc1. The van der Waals surface area contributed by atoms with Crippen LogP contribution in [0.15, 0.2) is 72.8 Å². The Bertz CT molecular complexity index is 1220. The third-order valence-corrected chi connectivity index (χ3v) is 8.46. The van der Waals surface area contributed by atoms with E-state index in [4.69, 9.17) is 0 Å². The van der Waals surface area contributed by atoms with E-state index in [2.05, 4.69) is 40.3 Å². The highest BCUT2D eigenvalue weighted by Gasteiger charge is 2.13. The second-order valence-corrected chi connectivity index (χ2v) is 11.4. The maximum atomic E-state index is 12.6. The van der Waals surface area contributed by atoms with Gasteiger partial charge in [0.1, 0.15) is 5.82 Å². The van der Waals surface area contributed by atoms with Crippen molar-refractivity contribution in [1.82, 2.24) is 9.97 Å². The lowest BCUT2D eigenvalue weighted by molar-refractivity contribution is 0.281. The first-order chi connectivity index (χ1) is 15.2. The summed E-state index contributed by atoms with van der Waals surface area (Å²) in [6.07, 6.45) is 3.39. The summed E-state index contributed by atoms with van der Waals surface area (Å²) in [5.41, 5.74) is 1.73. The third kappa shape index (κ3) is 6.35. The summed E-state index contributed by atoms with van der Waals surface area (Å²) in [7, 11) is -4.57. The largest absolute Gasteiger partial charge is 0.394 e. The topological polar surface area (TPSA) is 117 Å². The third-order valence-electron chi connectivity index (χ3n) is 4.38. The van der Waals surface area contributed by atoms with Crippen LogP contribution in [0.1, 0.15) is 12.5 Å². The summed E-state index contributed by atoms with van der Waals surface area (Å²) < 4.78 is 29.9. The molecule has 2 atom stereocenters. The van der Waals surface area contributed by atoms with Gasteiger partial charge in [-0.2, -0.15) is 13.4 Å². The second kappa shape index (κ2) is 10.5. The molecule has 0 saturated carbocycles. The minimum absolute atomic E-state index is 0.0235. The fraction of sp³-hybridized carbons (Fsp3) is 0.238. The number of aromatic nitrogens is 2. The molecular formula is C21H24BrN5O3S2. The predicted molar refractivity (Wildman–Crippen MR) is 132 cm³/mol. The molecule has 170 valence electrons. The van der Waals surface area contributed by atoms with Gasteiger partial charge in [-0.25, -0.2) is 4.98 Å². The zero-order chi connectivity index (χ0) is 23.3. The lowest BCUT2D eigenvalue weighted by atomic mass is 10.2. The van der Waals surface area contributed by atoms with Crippen LogP contribution in [0, 0.1) is 6.92 Å². The molecule has 0 amide bonds. The smallest absolute Gasteiger partial charge is 0.288 e. The number of aliphatic hydroxyl groups is 1. The van der Waals surface area contributed by atoms with Crippen LogP contribution in [-0.2, 0) is 20.7 Å². The van der Waals surface area contributed by atoms with E-state index < -0.39 is 20.7 Å². The van der Waals surface area contributed by atoms with E-state index in [9.17, 15) is 13.5 Å². The van der Waals surface area contributed by atoms with Gasteiger partial charge in [-0.05, 0) is 72.4 Å². The molecule has 32 heavy (non-hydrogen) atoms. The fourth-order valence-corrected chi connectivity index (χ4v) is 5.80. The molecule has 8 nitrogen and oxygen atoms in total. The van der Waals surface area contributed by atoms with Gasteiger partial charge in [0.2, 0.25) is 5.95 Å². The Hall–Kier alpha value is -2.34. The van der Waals surface area contributed by atoms with Gasteiger partial charge in [-0.3, -0.25) is 0 Å². The Morgan fingerprint density at radius 1 is 1.16 bits per heavy atom. The van der Waals surface area contributed by atoms with Gasteiger partial charge in [0.25, 0.3) is 10.0 Å². The van der Waals surface area contributed by atoms with Crippen molar-refractivity contribution >= 4 is 54.1 Å². The predicted octanol–water partition coefficient (Wildman–Crippen LogP) is 4.26. The molecule has 0 fully saturated rings. The van der Waals surface area contributed by atoms with E-state index in [0.29, 0.717) is 16.2 Å². The van der Waals surface area contributed by atoms with Gasteiger partial charge >= 0.3 is 0 Å². The van der Waals surface area contributed by atoms with Crippen molar-refractivity contribution in [2.75, 3.05) is 23.5 Å². The van der Waals surface area contributed by atoms with Gasteiger partial charge < -0.3 is 15.7 Å². The Morgan fingerprint density at radius 3 is 2.44 bits per heavy atom. The number of anilines is 3. The molecule has 0 aliphatic heterocycles. The Balaban J connectivity index is 1.75. The molecule has 0 radical (unpaired) electrons. The number of halogens is 1. The average Bonchev–Trinajstić information content (AvgIpc) is 2.76. The molecule has 0 bridgehead atoms. The number of benzene rings is 2. The van der Waals surface area contributed by atoms with Crippen LogP contribution in [0.25, 0.3) is 0 Å². The highest BCUT2D eigenvalue weighted by atomic mass is 79.9. The zero-order valence-corrected chi connectivity index (χ0v) is 21.0. The lowest BCUT2D eigenvalue weighted by Gasteiger charge is -2.14. The molecule has 3 aromatic rings. The van der Waals surface area contributed by atoms with Gasteiger partial charge in [-0.15, -0.1) is 3.77 Å². The normalized spacial score (nSPS) is 13.5. The number of nitrogens with one attached hydrogen (secondary N) is 2. The zero-order valence-electron chi connectivity index (χ0n) is 17.8. The number of nitrogens with zero attached hydrogens (tertiary/aromatic N) is 3. The molecular weight excluding hydrogens is 514 g/mol. The monoisotopic (exact) mass is 537 g/mol. The van der Waals surface area contributed by atoms with Crippen molar-refractivity contribution in [2.45, 2.75) is 29.7 Å². The van der Waals surface area contributed by atoms with Crippen LogP contribution >= 0.6 is 15.9 Å². The number of aryl methyl sites for hydroxylation is 1. The second-order valence-electron chi connectivity index (χ2n) is 7.11. The Morgan fingerprint density at radius 2 is 1.81 bits per heavy atom. The number of hydrogen-bond donors (Lipinski definition) is 3. The van der Waals surface area contributed by atoms with E-state index in [1.54, 1.807) is 36.7 Å². The van der Waals surface area contributed by atoms with Crippen LogP contribution in [0.3, 0.4) is 0 Å². The van der Waals surface area contributed by atoms with E-state index in [-0.39, 0.29) is 17.5 Å². The maximum Gasteiger partial charge on any atom is 0.288 e. The average molecular weight is 538 g/mol. The van der Waals surface area contributed by atoms with Gasteiger partial charge in [-0.1, -0.05) is 28.4 Å². The molecule has 3 rings (SSSR count). The van der Waals surface area contributed by atoms with Crippen LogP contribution < -0.4 is 10.6 Å². The summed E-state index contributed by atoms with van der Waals surface area (Å²) in [4.78, 5) is 9.64. The van der Waals surface area contributed by atoms with Gasteiger partial charge in [0, 0.05) is 22.8 Å². The van der Waals surface area contributed by atoms with Crippen LogP contribution in [0.5, 0.6) is 0 Å². The molecule has 0 saturated heterocycles. The molecule has 3 N–H and O–H groups in total. The molecule has 2 aromatic carbocycles. The molecule has 0 spiro atoms. The summed E-state index contributed by atoms with van der Waals surface area (Å²) >= 11 is 3.39. The van der Waals surface area contributed by atoms with Crippen molar-refractivity contribution in [1.29, 1.82) is 0 Å². The number of sulfonamides is 1. The molecule has 0 aliphatic rings. The number of rotatable bonds is 8. The fourth-order valence-electron chi connectivity index (χ4n) is 2.62. The van der Waals surface area contributed by atoms with E-state index in [1.165, 1.54) is 0 Å². The first-order valence-electron chi connectivity index (χ1n) is 9.65. The number of hydrogen-bond acceptors (Lipinski definition) is 7. The molecule has 1 unspecified atom stereocenters. The maximum absolute atomic E-state index is 12.6. The summed E-state index contributed by atoms with van der Waals surface area (Å²) in [6, 6.07) is 13.8. The number of aliphatic hydroxyl groups excluding tert-OH is 1. The van der Waals surface area contributed by atoms with Crippen molar-refractivity contribution in [3.05, 3.63) is 64.8 Å². The van der Waals surface area contributed by atoms with Crippen LogP contribution in [0.2, 0.25) is 0 Å². The quantitative estimate of drug-likeness (QED) is 0.392. The summed E-state index contributed by atoms with van der Waals surface area (Å²) in [5.74, 6) is 0.951. The van der Waals surface area contributed by atoms with Crippen LogP contribution in [0.4, 0.5) is 17.5 Å². The van der Waals surface area contributed by atoms with E-state index in [0.717, 1.165) is 16.1 Å².